The van der Waals surface area contributed by atoms with Crippen LogP contribution in [0, 0.1) is 0 Å². The summed E-state index contributed by atoms with van der Waals surface area (Å²) in [4.78, 5) is 30.7. The van der Waals surface area contributed by atoms with Gasteiger partial charge in [-0.15, -0.1) is 0 Å². The summed E-state index contributed by atoms with van der Waals surface area (Å²) in [6.45, 7) is 6.21. The number of carbonyl (C=O) groups is 3. The number of rotatable bonds is 9. The third-order valence-electron chi connectivity index (χ3n) is 1.86. The summed E-state index contributed by atoms with van der Waals surface area (Å²) in [5, 5.41) is 7.72. The molecule has 0 aliphatic rings. The first-order valence-corrected chi connectivity index (χ1v) is 6.58. The van der Waals surface area contributed by atoms with Crippen LogP contribution >= 0.6 is 0 Å². The highest BCUT2D eigenvalue weighted by atomic mass is 16.6. The van der Waals surface area contributed by atoms with Gasteiger partial charge in [-0.1, -0.05) is 20.8 Å². The number of carboxylic acids is 1. The second-order valence-electron chi connectivity index (χ2n) is 3.51. The Hall–Kier alpha value is -1.63. The lowest BCUT2D eigenvalue weighted by Crippen LogP contribution is -2.13. The Labute approximate surface area is 119 Å². The molecule has 0 fully saturated rings. The summed E-state index contributed by atoms with van der Waals surface area (Å²) in [7, 11) is 0. The van der Waals surface area contributed by atoms with Crippen LogP contribution in [0.2, 0.25) is 0 Å². The SMILES string of the molecule is CCC(=O)O.CCC(=O)OCCOCCOC(=O)CC. The molecule has 7 nitrogen and oxygen atoms in total. The van der Waals surface area contributed by atoms with Gasteiger partial charge >= 0.3 is 17.9 Å². The van der Waals surface area contributed by atoms with Gasteiger partial charge in [-0.2, -0.15) is 0 Å². The normalized spacial score (nSPS) is 9.15. The van der Waals surface area contributed by atoms with Crippen LogP contribution in [-0.4, -0.2) is 49.4 Å². The second kappa shape index (κ2) is 15.4. The molecule has 0 aromatic carbocycles. The van der Waals surface area contributed by atoms with E-state index < -0.39 is 5.97 Å². The molecule has 0 saturated heterocycles. The molecule has 0 aromatic heterocycles. The molecule has 1 N–H and O–H groups in total. The Morgan fingerprint density at radius 2 is 1.10 bits per heavy atom. The molecule has 0 spiro atoms. The molecule has 0 aliphatic heterocycles. The average molecular weight is 292 g/mol. The third kappa shape index (κ3) is 18.7. The molecule has 0 bridgehead atoms. The van der Waals surface area contributed by atoms with E-state index in [-0.39, 0.29) is 31.6 Å². The van der Waals surface area contributed by atoms with E-state index in [1.54, 1.807) is 20.8 Å². The number of esters is 2. The Morgan fingerprint density at radius 3 is 1.35 bits per heavy atom. The maximum atomic E-state index is 10.7. The van der Waals surface area contributed by atoms with Crippen molar-refractivity contribution in [2.45, 2.75) is 40.0 Å². The van der Waals surface area contributed by atoms with Crippen LogP contribution in [0.3, 0.4) is 0 Å². The molecule has 0 aromatic rings. The summed E-state index contributed by atoms with van der Waals surface area (Å²) in [6, 6.07) is 0. The van der Waals surface area contributed by atoms with Gasteiger partial charge in [0.25, 0.3) is 0 Å². The molecule has 0 rings (SSSR count). The lowest BCUT2D eigenvalue weighted by molar-refractivity contribution is -0.146. The summed E-state index contributed by atoms with van der Waals surface area (Å²) in [6.07, 6.45) is 0.961. The van der Waals surface area contributed by atoms with Crippen LogP contribution in [0.25, 0.3) is 0 Å². The number of carbonyl (C=O) groups excluding carboxylic acids is 2. The fourth-order valence-corrected chi connectivity index (χ4v) is 0.735. The molecular weight excluding hydrogens is 268 g/mol. The molecule has 0 radical (unpaired) electrons. The molecule has 0 amide bonds. The molecule has 0 saturated carbocycles. The van der Waals surface area contributed by atoms with Crippen LogP contribution < -0.4 is 0 Å². The molecule has 20 heavy (non-hydrogen) atoms. The van der Waals surface area contributed by atoms with Gasteiger partial charge in [0.05, 0.1) is 13.2 Å². The minimum atomic E-state index is -0.745. The van der Waals surface area contributed by atoms with Gasteiger partial charge < -0.3 is 19.3 Å². The van der Waals surface area contributed by atoms with E-state index >= 15 is 0 Å². The summed E-state index contributed by atoms with van der Waals surface area (Å²) in [5.41, 5.74) is 0. The van der Waals surface area contributed by atoms with Gasteiger partial charge in [0.1, 0.15) is 13.2 Å². The summed E-state index contributed by atoms with van der Waals surface area (Å²) >= 11 is 0. The van der Waals surface area contributed by atoms with Gasteiger partial charge in [0, 0.05) is 19.3 Å². The zero-order valence-electron chi connectivity index (χ0n) is 12.3. The van der Waals surface area contributed by atoms with Gasteiger partial charge in [-0.3, -0.25) is 14.4 Å². The van der Waals surface area contributed by atoms with E-state index in [0.29, 0.717) is 26.1 Å². The zero-order chi connectivity index (χ0) is 15.8. The smallest absolute Gasteiger partial charge is 0.305 e. The van der Waals surface area contributed by atoms with Crippen LogP contribution in [0.15, 0.2) is 0 Å². The lowest BCUT2D eigenvalue weighted by Gasteiger charge is -2.05. The average Bonchev–Trinajstić information content (AvgIpc) is 2.46. The highest BCUT2D eigenvalue weighted by Crippen LogP contribution is 1.87. The fourth-order valence-electron chi connectivity index (χ4n) is 0.735. The van der Waals surface area contributed by atoms with Crippen molar-refractivity contribution in [1.29, 1.82) is 0 Å². The minimum absolute atomic E-state index is 0.222. The van der Waals surface area contributed by atoms with E-state index in [1.807, 2.05) is 0 Å². The first-order chi connectivity index (χ1) is 9.47. The second-order valence-corrected chi connectivity index (χ2v) is 3.51. The third-order valence-corrected chi connectivity index (χ3v) is 1.86. The molecule has 0 atom stereocenters. The van der Waals surface area contributed by atoms with Crippen molar-refractivity contribution in [3.8, 4) is 0 Å². The quantitative estimate of drug-likeness (QED) is 0.506. The van der Waals surface area contributed by atoms with E-state index in [2.05, 4.69) is 0 Å². The van der Waals surface area contributed by atoms with E-state index in [0.717, 1.165) is 0 Å². The largest absolute Gasteiger partial charge is 0.481 e. The van der Waals surface area contributed by atoms with Crippen LogP contribution in [0.4, 0.5) is 0 Å². The summed E-state index contributed by atoms with van der Waals surface area (Å²) < 4.78 is 14.6. The lowest BCUT2D eigenvalue weighted by atomic mass is 10.5. The van der Waals surface area contributed by atoms with Gasteiger partial charge in [0.15, 0.2) is 0 Å². The van der Waals surface area contributed by atoms with Crippen molar-refractivity contribution >= 4 is 17.9 Å². The van der Waals surface area contributed by atoms with Crippen molar-refractivity contribution in [2.24, 2.45) is 0 Å². The van der Waals surface area contributed by atoms with Crippen molar-refractivity contribution in [1.82, 2.24) is 0 Å². The molecule has 0 heterocycles. The minimum Gasteiger partial charge on any atom is -0.481 e. The summed E-state index contributed by atoms with van der Waals surface area (Å²) in [5.74, 6) is -1.22. The van der Waals surface area contributed by atoms with E-state index in [9.17, 15) is 14.4 Å². The molecule has 118 valence electrons. The number of ether oxygens (including phenoxy) is 3. The number of aliphatic carboxylic acids is 1. The van der Waals surface area contributed by atoms with Crippen molar-refractivity contribution in [3.05, 3.63) is 0 Å². The fraction of sp³-hybridized carbons (Fsp3) is 0.769. The van der Waals surface area contributed by atoms with Gasteiger partial charge in [-0.25, -0.2) is 0 Å². The Morgan fingerprint density at radius 1 is 0.750 bits per heavy atom. The first-order valence-electron chi connectivity index (χ1n) is 6.58. The topological polar surface area (TPSA) is 99.1 Å². The van der Waals surface area contributed by atoms with E-state index in [4.69, 9.17) is 19.3 Å². The maximum Gasteiger partial charge on any atom is 0.305 e. The van der Waals surface area contributed by atoms with Crippen molar-refractivity contribution in [3.63, 3.8) is 0 Å². The standard InChI is InChI=1S/C10H18O5.C3H6O2/c1-3-9(11)14-7-5-13-6-8-15-10(12)4-2;1-2-3(4)5/h3-8H2,1-2H3;2H2,1H3,(H,4,5). The predicted molar refractivity (Wildman–Crippen MR) is 71.2 cm³/mol. The molecule has 0 aliphatic carbocycles. The Balaban J connectivity index is 0. The van der Waals surface area contributed by atoms with Crippen LogP contribution in [-0.2, 0) is 28.6 Å². The van der Waals surface area contributed by atoms with Crippen LogP contribution in [0.5, 0.6) is 0 Å². The van der Waals surface area contributed by atoms with Gasteiger partial charge in [0.2, 0.25) is 0 Å². The maximum absolute atomic E-state index is 10.7. The highest BCUT2D eigenvalue weighted by Gasteiger charge is 1.99. The first kappa shape index (κ1) is 20.7. The number of carboxylic acid groups (broad SMARTS) is 1. The Bertz CT molecular complexity index is 256. The molecule has 0 unspecified atom stereocenters. The molecule has 7 heteroatoms. The predicted octanol–water partition coefficient (Wildman–Crippen LogP) is 1.39. The molecular formula is C13H24O7. The van der Waals surface area contributed by atoms with E-state index in [1.165, 1.54) is 0 Å². The monoisotopic (exact) mass is 292 g/mol. The highest BCUT2D eigenvalue weighted by molar-refractivity contribution is 5.69. The van der Waals surface area contributed by atoms with Crippen molar-refractivity contribution < 1.29 is 33.7 Å². The number of hydrogen-bond acceptors (Lipinski definition) is 6. The number of hydrogen-bond donors (Lipinski definition) is 1. The van der Waals surface area contributed by atoms with Crippen LogP contribution in [0.1, 0.15) is 40.0 Å². The zero-order valence-corrected chi connectivity index (χ0v) is 12.3. The Kier molecular flexibility index (Phi) is 16.0. The van der Waals surface area contributed by atoms with Crippen molar-refractivity contribution in [2.75, 3.05) is 26.4 Å². The van der Waals surface area contributed by atoms with Gasteiger partial charge in [-0.05, 0) is 0 Å².